The van der Waals surface area contributed by atoms with E-state index in [0.29, 0.717) is 5.56 Å². The lowest BCUT2D eigenvalue weighted by Gasteiger charge is -2.22. The average Bonchev–Trinajstić information content (AvgIpc) is 2.58. The van der Waals surface area contributed by atoms with Crippen molar-refractivity contribution in [2.75, 3.05) is 18.6 Å². The molecule has 0 aliphatic heterocycles. The molecule has 146 valence electrons. The molecule has 10 heteroatoms. The third-order valence-electron chi connectivity index (χ3n) is 3.76. The Kier molecular flexibility index (Phi) is 5.77. The minimum atomic E-state index is -4.43. The highest BCUT2D eigenvalue weighted by atomic mass is 19.4. The van der Waals surface area contributed by atoms with E-state index in [0.717, 1.165) is 16.7 Å². The number of carbonyl (C=O) groups is 1. The van der Waals surface area contributed by atoms with Gasteiger partial charge in [0, 0.05) is 20.6 Å². The molecule has 0 aliphatic carbocycles. The van der Waals surface area contributed by atoms with Crippen molar-refractivity contribution in [3.8, 4) is 5.75 Å². The Morgan fingerprint density at radius 1 is 1.30 bits per heavy atom. The number of hydrogen-bond donors (Lipinski definition) is 1. The second-order valence-electron chi connectivity index (χ2n) is 5.74. The van der Waals surface area contributed by atoms with Crippen LogP contribution in [0.5, 0.6) is 5.75 Å². The summed E-state index contributed by atoms with van der Waals surface area (Å²) in [5.41, 5.74) is -1.42. The number of carboxylic acids is 1. The number of aromatic carboxylic acids is 1. The van der Waals surface area contributed by atoms with Gasteiger partial charge in [-0.1, -0.05) is 12.1 Å². The first-order chi connectivity index (χ1) is 12.6. The summed E-state index contributed by atoms with van der Waals surface area (Å²) in [5.74, 6) is -1.74. The van der Waals surface area contributed by atoms with Gasteiger partial charge in [0.05, 0.1) is 12.2 Å². The molecule has 0 fully saturated rings. The normalized spacial score (nSPS) is 11.3. The fraction of sp³-hybridized carbons (Fsp3) is 0.353. The summed E-state index contributed by atoms with van der Waals surface area (Å²) >= 11 is 0. The van der Waals surface area contributed by atoms with Crippen molar-refractivity contribution in [1.82, 2.24) is 9.55 Å². The summed E-state index contributed by atoms with van der Waals surface area (Å²) in [5, 5.41) is 9.29. The summed E-state index contributed by atoms with van der Waals surface area (Å²) in [6.07, 6.45) is -4.43. The number of nitrogens with zero attached hydrogens (tertiary/aromatic N) is 3. The van der Waals surface area contributed by atoms with Crippen molar-refractivity contribution >= 4 is 11.9 Å². The van der Waals surface area contributed by atoms with Gasteiger partial charge in [-0.2, -0.15) is 13.2 Å². The Hall–Kier alpha value is -3.04. The second kappa shape index (κ2) is 7.68. The molecule has 0 amide bonds. The first kappa shape index (κ1) is 20.3. The van der Waals surface area contributed by atoms with Gasteiger partial charge < -0.3 is 14.7 Å². The highest BCUT2D eigenvalue weighted by Crippen LogP contribution is 2.29. The van der Waals surface area contributed by atoms with E-state index in [1.807, 2.05) is 0 Å². The van der Waals surface area contributed by atoms with Crippen molar-refractivity contribution in [1.29, 1.82) is 0 Å². The Balaban J connectivity index is 2.37. The number of carboxylic acid groups (broad SMARTS) is 1. The molecule has 0 aliphatic rings. The Bertz CT molecular complexity index is 892. The van der Waals surface area contributed by atoms with Crippen molar-refractivity contribution in [3.63, 3.8) is 0 Å². The van der Waals surface area contributed by atoms with E-state index in [4.69, 9.17) is 4.74 Å². The zero-order valence-electron chi connectivity index (χ0n) is 14.9. The topological polar surface area (TPSA) is 84.7 Å². The van der Waals surface area contributed by atoms with E-state index in [1.165, 1.54) is 24.1 Å². The number of anilines is 1. The van der Waals surface area contributed by atoms with Gasteiger partial charge in [-0.25, -0.2) is 9.78 Å². The van der Waals surface area contributed by atoms with Crippen LogP contribution in [0.2, 0.25) is 0 Å². The first-order valence-corrected chi connectivity index (χ1v) is 7.90. The molecule has 2 aromatic rings. The van der Waals surface area contributed by atoms with Crippen LogP contribution >= 0.6 is 0 Å². The molecule has 0 atom stereocenters. The number of alkyl halides is 3. The number of benzene rings is 1. The van der Waals surface area contributed by atoms with E-state index in [-0.39, 0.29) is 24.8 Å². The maximum absolute atomic E-state index is 12.6. The molecule has 0 saturated carbocycles. The fourth-order valence-electron chi connectivity index (χ4n) is 2.47. The minimum absolute atomic E-state index is 0.0424. The predicted molar refractivity (Wildman–Crippen MR) is 91.2 cm³/mol. The summed E-state index contributed by atoms with van der Waals surface area (Å²) in [7, 11) is 2.95. The lowest BCUT2D eigenvalue weighted by molar-refractivity contribution is -0.137. The van der Waals surface area contributed by atoms with Crippen LogP contribution in [0.4, 0.5) is 19.1 Å². The zero-order chi connectivity index (χ0) is 20.4. The lowest BCUT2D eigenvalue weighted by Crippen LogP contribution is -2.31. The standard InChI is InChI=1S/C17H18F3N3O4/c1-4-27-13-12(15(25)26)21-16(23(3)14(13)24)22(2)9-10-5-7-11(8-6-10)17(18,19)20/h5-8H,4,9H2,1-3H3,(H,25,26). The molecule has 27 heavy (non-hydrogen) atoms. The van der Waals surface area contributed by atoms with Gasteiger partial charge in [-0.15, -0.1) is 0 Å². The molecule has 0 radical (unpaired) electrons. The number of rotatable bonds is 6. The van der Waals surface area contributed by atoms with Crippen LogP contribution in [-0.2, 0) is 19.8 Å². The summed E-state index contributed by atoms with van der Waals surface area (Å²) in [4.78, 5) is 29.3. The second-order valence-corrected chi connectivity index (χ2v) is 5.74. The molecule has 1 aromatic heterocycles. The molecule has 0 unspecified atom stereocenters. The Morgan fingerprint density at radius 2 is 1.89 bits per heavy atom. The van der Waals surface area contributed by atoms with E-state index >= 15 is 0 Å². The van der Waals surface area contributed by atoms with Crippen molar-refractivity contribution in [2.24, 2.45) is 7.05 Å². The van der Waals surface area contributed by atoms with Crippen molar-refractivity contribution < 1.29 is 27.8 Å². The van der Waals surface area contributed by atoms with Crippen LogP contribution in [0.3, 0.4) is 0 Å². The van der Waals surface area contributed by atoms with Gasteiger partial charge in [-0.05, 0) is 24.6 Å². The molecular weight excluding hydrogens is 367 g/mol. The molecule has 1 N–H and O–H groups in total. The fourth-order valence-corrected chi connectivity index (χ4v) is 2.47. The first-order valence-electron chi connectivity index (χ1n) is 7.90. The smallest absolute Gasteiger partial charge is 0.416 e. The highest BCUT2D eigenvalue weighted by Gasteiger charge is 2.30. The van der Waals surface area contributed by atoms with Crippen LogP contribution in [0.1, 0.15) is 28.5 Å². The van der Waals surface area contributed by atoms with Gasteiger partial charge in [0.15, 0.2) is 5.69 Å². The minimum Gasteiger partial charge on any atom is -0.486 e. The molecule has 0 saturated heterocycles. The summed E-state index contributed by atoms with van der Waals surface area (Å²) in [6.45, 7) is 1.82. The summed E-state index contributed by atoms with van der Waals surface area (Å²) in [6, 6.07) is 4.53. The Labute approximate surface area is 152 Å². The van der Waals surface area contributed by atoms with Crippen LogP contribution in [0.15, 0.2) is 29.1 Å². The quantitative estimate of drug-likeness (QED) is 0.823. The number of halogens is 3. The van der Waals surface area contributed by atoms with Crippen LogP contribution in [-0.4, -0.2) is 34.3 Å². The predicted octanol–water partition coefficient (Wildman–Crippen LogP) is 2.53. The molecule has 1 heterocycles. The summed E-state index contributed by atoms with van der Waals surface area (Å²) < 4.78 is 44.2. The number of ether oxygens (including phenoxy) is 1. The largest absolute Gasteiger partial charge is 0.486 e. The van der Waals surface area contributed by atoms with Crippen LogP contribution in [0, 0.1) is 0 Å². The molecule has 0 bridgehead atoms. The number of hydrogen-bond acceptors (Lipinski definition) is 5. The third-order valence-corrected chi connectivity index (χ3v) is 3.76. The molecule has 1 aromatic carbocycles. The maximum Gasteiger partial charge on any atom is 0.416 e. The van der Waals surface area contributed by atoms with E-state index in [1.54, 1.807) is 14.0 Å². The van der Waals surface area contributed by atoms with E-state index in [9.17, 15) is 27.9 Å². The Morgan fingerprint density at radius 3 is 2.37 bits per heavy atom. The monoisotopic (exact) mass is 385 g/mol. The van der Waals surface area contributed by atoms with Gasteiger partial charge in [0.2, 0.25) is 11.7 Å². The van der Waals surface area contributed by atoms with E-state index in [2.05, 4.69) is 4.98 Å². The molecular formula is C17H18F3N3O4. The van der Waals surface area contributed by atoms with Crippen LogP contribution in [0.25, 0.3) is 0 Å². The molecule has 2 rings (SSSR count). The van der Waals surface area contributed by atoms with Gasteiger partial charge in [0.25, 0.3) is 5.56 Å². The van der Waals surface area contributed by atoms with E-state index < -0.39 is 29.0 Å². The molecule has 0 spiro atoms. The SMILES string of the molecule is CCOc1c(C(=O)O)nc(N(C)Cc2ccc(C(F)(F)F)cc2)n(C)c1=O. The van der Waals surface area contributed by atoms with Crippen molar-refractivity contribution in [3.05, 3.63) is 51.4 Å². The van der Waals surface area contributed by atoms with Gasteiger partial charge >= 0.3 is 12.1 Å². The maximum atomic E-state index is 12.6. The molecule has 7 nitrogen and oxygen atoms in total. The van der Waals surface area contributed by atoms with Crippen LogP contribution < -0.4 is 15.2 Å². The highest BCUT2D eigenvalue weighted by molar-refractivity contribution is 5.88. The number of aromatic nitrogens is 2. The van der Waals surface area contributed by atoms with Gasteiger partial charge in [-0.3, -0.25) is 9.36 Å². The average molecular weight is 385 g/mol. The van der Waals surface area contributed by atoms with Gasteiger partial charge in [0.1, 0.15) is 0 Å². The van der Waals surface area contributed by atoms with Crippen molar-refractivity contribution in [2.45, 2.75) is 19.6 Å². The zero-order valence-corrected chi connectivity index (χ0v) is 14.9. The lowest BCUT2D eigenvalue weighted by atomic mass is 10.1. The third kappa shape index (κ3) is 4.39.